The highest BCUT2D eigenvalue weighted by molar-refractivity contribution is 5.78. The topological polar surface area (TPSA) is 69.5 Å². The number of hydrogen-bond donors (Lipinski definition) is 0. The highest BCUT2D eigenvalue weighted by atomic mass is 16.5. The zero-order chi connectivity index (χ0) is 21.5. The van der Waals surface area contributed by atoms with Crippen molar-refractivity contribution in [2.75, 3.05) is 20.8 Å². The van der Waals surface area contributed by atoms with E-state index in [-0.39, 0.29) is 18.6 Å². The third-order valence-electron chi connectivity index (χ3n) is 4.99. The monoisotopic (exact) mass is 406 g/mol. The Bertz CT molecular complexity index is 984. The molecule has 3 aromatic rings. The minimum Gasteiger partial charge on any atom is -0.493 e. The largest absolute Gasteiger partial charge is 0.493 e. The summed E-state index contributed by atoms with van der Waals surface area (Å²) in [5.74, 6) is 1.01. The Morgan fingerprint density at radius 1 is 1.23 bits per heavy atom. The average molecular weight is 406 g/mol. The summed E-state index contributed by atoms with van der Waals surface area (Å²) in [7, 11) is 3.35. The maximum absolute atomic E-state index is 12.7. The van der Waals surface area contributed by atoms with E-state index in [0.29, 0.717) is 11.5 Å². The van der Waals surface area contributed by atoms with Gasteiger partial charge >= 0.3 is 0 Å². The van der Waals surface area contributed by atoms with E-state index in [1.54, 1.807) is 30.1 Å². The zero-order valence-electron chi connectivity index (χ0n) is 17.5. The van der Waals surface area contributed by atoms with Crippen LogP contribution >= 0.6 is 0 Å². The molecular weight excluding hydrogens is 380 g/mol. The van der Waals surface area contributed by atoms with Crippen LogP contribution in [0.15, 0.2) is 67.8 Å². The molecule has 0 bridgehead atoms. The molecule has 7 heteroatoms. The summed E-state index contributed by atoms with van der Waals surface area (Å²) < 4.78 is 12.8. The number of amides is 1. The molecule has 0 unspecified atom stereocenters. The van der Waals surface area contributed by atoms with Crippen molar-refractivity contribution in [3.63, 3.8) is 0 Å². The van der Waals surface area contributed by atoms with Crippen molar-refractivity contribution in [1.82, 2.24) is 19.7 Å². The van der Waals surface area contributed by atoms with Crippen molar-refractivity contribution in [3.05, 3.63) is 78.9 Å². The van der Waals surface area contributed by atoms with Gasteiger partial charge in [-0.05, 0) is 48.7 Å². The van der Waals surface area contributed by atoms with E-state index >= 15 is 0 Å². The lowest BCUT2D eigenvalue weighted by Crippen LogP contribution is -2.33. The van der Waals surface area contributed by atoms with Crippen molar-refractivity contribution in [2.24, 2.45) is 0 Å². The van der Waals surface area contributed by atoms with Gasteiger partial charge in [0.25, 0.3) is 5.91 Å². The Morgan fingerprint density at radius 2 is 2.00 bits per heavy atom. The van der Waals surface area contributed by atoms with Crippen LogP contribution in [0.5, 0.6) is 11.5 Å². The maximum atomic E-state index is 12.7. The molecule has 2 aromatic carbocycles. The van der Waals surface area contributed by atoms with Crippen LogP contribution in [0, 0.1) is 0 Å². The van der Waals surface area contributed by atoms with Crippen LogP contribution in [0.25, 0.3) is 5.69 Å². The summed E-state index contributed by atoms with van der Waals surface area (Å²) in [5, 5.41) is 4.12. The fraction of sp³-hybridized carbons (Fsp3) is 0.261. The first-order chi connectivity index (χ1) is 14.5. The van der Waals surface area contributed by atoms with Gasteiger partial charge in [0.05, 0.1) is 18.8 Å². The van der Waals surface area contributed by atoms with Crippen LogP contribution in [0.3, 0.4) is 0 Å². The molecule has 0 fully saturated rings. The van der Waals surface area contributed by atoms with Gasteiger partial charge in [-0.25, -0.2) is 9.67 Å². The Labute approximate surface area is 176 Å². The van der Waals surface area contributed by atoms with Gasteiger partial charge in [-0.1, -0.05) is 24.3 Å². The second-order valence-electron chi connectivity index (χ2n) is 6.88. The standard InChI is InChI=1S/C23H26N4O3/c1-5-6-18-7-12-21(22(13-18)29-4)30-14-23(28)26(3)17(2)19-8-10-20(11-9-19)27-16-24-15-25-27/h5,7-13,15-17H,1,6,14H2,2-4H3/t17-/m0/s1. The zero-order valence-corrected chi connectivity index (χ0v) is 17.5. The fourth-order valence-electron chi connectivity index (χ4n) is 3.05. The average Bonchev–Trinajstić information content (AvgIpc) is 3.32. The van der Waals surface area contributed by atoms with Gasteiger partial charge in [-0.15, -0.1) is 6.58 Å². The second kappa shape index (κ2) is 9.73. The Balaban J connectivity index is 1.62. The lowest BCUT2D eigenvalue weighted by atomic mass is 10.1. The molecule has 156 valence electrons. The van der Waals surface area contributed by atoms with E-state index in [9.17, 15) is 4.79 Å². The molecule has 1 atom stereocenters. The van der Waals surface area contributed by atoms with Gasteiger partial charge in [0.1, 0.15) is 12.7 Å². The Kier molecular flexibility index (Phi) is 6.85. The van der Waals surface area contributed by atoms with Gasteiger partial charge in [0.2, 0.25) is 0 Å². The Hall–Kier alpha value is -3.61. The van der Waals surface area contributed by atoms with Crippen molar-refractivity contribution in [3.8, 4) is 17.2 Å². The number of aromatic nitrogens is 3. The number of benzene rings is 2. The number of rotatable bonds is 9. The number of carbonyl (C=O) groups is 1. The molecule has 0 spiro atoms. The molecule has 3 rings (SSSR count). The lowest BCUT2D eigenvalue weighted by molar-refractivity contribution is -0.134. The number of likely N-dealkylation sites (N-methyl/N-ethyl adjacent to an activating group) is 1. The number of allylic oxidation sites excluding steroid dienone is 1. The number of methoxy groups -OCH3 is 1. The molecule has 30 heavy (non-hydrogen) atoms. The molecule has 1 heterocycles. The van der Waals surface area contributed by atoms with Crippen LogP contribution in [0.2, 0.25) is 0 Å². The van der Waals surface area contributed by atoms with E-state index < -0.39 is 0 Å². The summed E-state index contributed by atoms with van der Waals surface area (Å²) in [6.45, 7) is 5.65. The molecular formula is C23H26N4O3. The SMILES string of the molecule is C=CCc1ccc(OCC(=O)N(C)[C@@H](C)c2ccc(-n3cncn3)cc2)c(OC)c1. The minimum atomic E-state index is -0.125. The van der Waals surface area contributed by atoms with Gasteiger partial charge in [-0.2, -0.15) is 5.10 Å². The molecule has 7 nitrogen and oxygen atoms in total. The number of hydrogen-bond acceptors (Lipinski definition) is 5. The first-order valence-electron chi connectivity index (χ1n) is 9.64. The molecule has 0 saturated heterocycles. The van der Waals surface area contributed by atoms with Gasteiger partial charge in [0.15, 0.2) is 18.1 Å². The van der Waals surface area contributed by atoms with Crippen molar-refractivity contribution in [1.29, 1.82) is 0 Å². The summed E-state index contributed by atoms with van der Waals surface area (Å²) in [5.41, 5.74) is 2.99. The van der Waals surface area contributed by atoms with Crippen LogP contribution < -0.4 is 9.47 Å². The van der Waals surface area contributed by atoms with Crippen LogP contribution in [0.1, 0.15) is 24.1 Å². The van der Waals surface area contributed by atoms with Gasteiger partial charge in [0, 0.05) is 7.05 Å². The van der Waals surface area contributed by atoms with E-state index in [2.05, 4.69) is 16.7 Å². The quantitative estimate of drug-likeness (QED) is 0.508. The number of ether oxygens (including phenoxy) is 2. The third-order valence-corrected chi connectivity index (χ3v) is 4.99. The van der Waals surface area contributed by atoms with E-state index in [1.165, 1.54) is 6.33 Å². The number of carbonyl (C=O) groups excluding carboxylic acids is 1. The van der Waals surface area contributed by atoms with Crippen LogP contribution in [-0.4, -0.2) is 46.3 Å². The first-order valence-corrected chi connectivity index (χ1v) is 9.64. The second-order valence-corrected chi connectivity index (χ2v) is 6.88. The first kappa shape index (κ1) is 21.1. The Morgan fingerprint density at radius 3 is 2.63 bits per heavy atom. The van der Waals surface area contributed by atoms with E-state index in [0.717, 1.165) is 23.2 Å². The maximum Gasteiger partial charge on any atom is 0.260 e. The fourth-order valence-corrected chi connectivity index (χ4v) is 3.05. The van der Waals surface area contributed by atoms with Crippen LogP contribution in [0.4, 0.5) is 0 Å². The lowest BCUT2D eigenvalue weighted by Gasteiger charge is -2.25. The van der Waals surface area contributed by atoms with Crippen molar-refractivity contribution < 1.29 is 14.3 Å². The summed E-state index contributed by atoms with van der Waals surface area (Å²) in [4.78, 5) is 18.3. The predicted molar refractivity (Wildman–Crippen MR) is 115 cm³/mol. The third kappa shape index (κ3) is 4.86. The van der Waals surface area contributed by atoms with Gasteiger partial charge in [-0.3, -0.25) is 4.79 Å². The van der Waals surface area contributed by atoms with Crippen molar-refractivity contribution in [2.45, 2.75) is 19.4 Å². The molecule has 0 saturated carbocycles. The van der Waals surface area contributed by atoms with E-state index in [1.807, 2.05) is 55.5 Å². The summed E-state index contributed by atoms with van der Waals surface area (Å²) in [6.07, 6.45) is 5.70. The smallest absolute Gasteiger partial charge is 0.260 e. The minimum absolute atomic E-state index is 0.0744. The highest BCUT2D eigenvalue weighted by Gasteiger charge is 2.19. The van der Waals surface area contributed by atoms with E-state index in [4.69, 9.17) is 9.47 Å². The molecule has 0 aliphatic heterocycles. The molecule has 1 amide bonds. The van der Waals surface area contributed by atoms with Crippen LogP contribution in [-0.2, 0) is 11.2 Å². The summed E-state index contributed by atoms with van der Waals surface area (Å²) in [6, 6.07) is 13.4. The molecule has 0 aliphatic carbocycles. The number of nitrogens with zero attached hydrogens (tertiary/aromatic N) is 4. The molecule has 1 aromatic heterocycles. The summed E-state index contributed by atoms with van der Waals surface area (Å²) >= 11 is 0. The van der Waals surface area contributed by atoms with Crippen molar-refractivity contribution >= 4 is 5.91 Å². The van der Waals surface area contributed by atoms with Gasteiger partial charge < -0.3 is 14.4 Å². The highest BCUT2D eigenvalue weighted by Crippen LogP contribution is 2.28. The molecule has 0 radical (unpaired) electrons. The molecule has 0 aliphatic rings. The predicted octanol–water partition coefficient (Wildman–Crippen LogP) is 3.60. The molecule has 0 N–H and O–H groups in total. The normalized spacial score (nSPS) is 11.6.